The standard InChI is InChI=1S/C14H16BrFN2O/c15-11-6-9(3-4-12(11)16)14(19)18-7-10-2-1-5-17-13(10)8-18/h3-4,6,10,13,17H,1-2,5,7-8H2. The Kier molecular flexibility index (Phi) is 3.58. The number of rotatable bonds is 1. The lowest BCUT2D eigenvalue weighted by Crippen LogP contribution is -2.41. The van der Waals surface area contributed by atoms with Gasteiger partial charge in [-0.2, -0.15) is 0 Å². The Morgan fingerprint density at radius 3 is 3.00 bits per heavy atom. The first kappa shape index (κ1) is 13.1. The number of fused-ring (bicyclic) bond motifs is 1. The van der Waals surface area contributed by atoms with E-state index in [4.69, 9.17) is 0 Å². The van der Waals surface area contributed by atoms with Gasteiger partial charge < -0.3 is 10.2 Å². The van der Waals surface area contributed by atoms with Crippen molar-refractivity contribution in [2.45, 2.75) is 18.9 Å². The molecule has 2 saturated heterocycles. The maximum Gasteiger partial charge on any atom is 0.253 e. The molecule has 0 bridgehead atoms. The van der Waals surface area contributed by atoms with Crippen molar-refractivity contribution in [3.8, 4) is 0 Å². The van der Waals surface area contributed by atoms with Gasteiger partial charge in [0.2, 0.25) is 0 Å². The van der Waals surface area contributed by atoms with E-state index in [9.17, 15) is 9.18 Å². The van der Waals surface area contributed by atoms with Crippen molar-refractivity contribution in [1.29, 1.82) is 0 Å². The number of likely N-dealkylation sites (tertiary alicyclic amines) is 1. The maximum atomic E-state index is 13.2. The number of halogens is 2. The normalized spacial score (nSPS) is 26.3. The van der Waals surface area contributed by atoms with Crippen molar-refractivity contribution in [2.24, 2.45) is 5.92 Å². The van der Waals surface area contributed by atoms with Crippen LogP contribution in [0.5, 0.6) is 0 Å². The molecule has 2 atom stereocenters. The second-order valence-corrected chi connectivity index (χ2v) is 6.16. The van der Waals surface area contributed by atoms with Crippen LogP contribution in [0.2, 0.25) is 0 Å². The fraction of sp³-hybridized carbons (Fsp3) is 0.500. The van der Waals surface area contributed by atoms with E-state index in [2.05, 4.69) is 21.2 Å². The molecule has 1 N–H and O–H groups in total. The van der Waals surface area contributed by atoms with Crippen molar-refractivity contribution < 1.29 is 9.18 Å². The molecule has 2 fully saturated rings. The lowest BCUT2D eigenvalue weighted by molar-refractivity contribution is 0.0785. The second kappa shape index (κ2) is 5.21. The summed E-state index contributed by atoms with van der Waals surface area (Å²) in [4.78, 5) is 14.3. The largest absolute Gasteiger partial charge is 0.337 e. The van der Waals surface area contributed by atoms with Gasteiger partial charge in [-0.3, -0.25) is 4.79 Å². The minimum Gasteiger partial charge on any atom is -0.337 e. The molecule has 0 aromatic heterocycles. The molecule has 1 aromatic rings. The molecule has 102 valence electrons. The molecule has 3 rings (SSSR count). The number of carbonyl (C=O) groups is 1. The fourth-order valence-electron chi connectivity index (χ4n) is 3.02. The summed E-state index contributed by atoms with van der Waals surface area (Å²) in [7, 11) is 0. The lowest BCUT2D eigenvalue weighted by Gasteiger charge is -2.24. The molecule has 19 heavy (non-hydrogen) atoms. The van der Waals surface area contributed by atoms with E-state index in [1.165, 1.54) is 18.9 Å². The Morgan fingerprint density at radius 2 is 2.26 bits per heavy atom. The molecule has 5 heteroatoms. The van der Waals surface area contributed by atoms with Crippen molar-refractivity contribution in [3.05, 3.63) is 34.1 Å². The highest BCUT2D eigenvalue weighted by Crippen LogP contribution is 2.26. The average molecular weight is 327 g/mol. The summed E-state index contributed by atoms with van der Waals surface area (Å²) in [5.74, 6) is 0.229. The van der Waals surface area contributed by atoms with Gasteiger partial charge in [-0.05, 0) is 59.4 Å². The molecular weight excluding hydrogens is 311 g/mol. The minimum absolute atomic E-state index is 0.00287. The molecule has 2 unspecified atom stereocenters. The number of nitrogens with one attached hydrogen (secondary N) is 1. The molecule has 2 aliphatic heterocycles. The van der Waals surface area contributed by atoms with E-state index in [1.807, 2.05) is 4.90 Å². The first-order valence-electron chi connectivity index (χ1n) is 6.63. The highest BCUT2D eigenvalue weighted by molar-refractivity contribution is 9.10. The van der Waals surface area contributed by atoms with Crippen molar-refractivity contribution in [2.75, 3.05) is 19.6 Å². The SMILES string of the molecule is O=C(c1ccc(F)c(Br)c1)N1CC2CCCNC2C1. The summed E-state index contributed by atoms with van der Waals surface area (Å²) in [5, 5.41) is 3.47. The Bertz CT molecular complexity index is 494. The van der Waals surface area contributed by atoms with Gasteiger partial charge >= 0.3 is 0 Å². The molecule has 0 spiro atoms. The third-order valence-electron chi connectivity index (χ3n) is 4.05. The van der Waals surface area contributed by atoms with Crippen LogP contribution in [-0.2, 0) is 0 Å². The molecule has 0 saturated carbocycles. The van der Waals surface area contributed by atoms with Crippen LogP contribution in [-0.4, -0.2) is 36.5 Å². The van der Waals surface area contributed by atoms with Gasteiger partial charge in [-0.15, -0.1) is 0 Å². The van der Waals surface area contributed by atoms with Gasteiger partial charge in [0.15, 0.2) is 0 Å². The van der Waals surface area contributed by atoms with Crippen LogP contribution in [0.1, 0.15) is 23.2 Å². The fourth-order valence-corrected chi connectivity index (χ4v) is 3.40. The number of benzene rings is 1. The minimum atomic E-state index is -0.340. The Balaban J connectivity index is 1.75. The predicted molar refractivity (Wildman–Crippen MR) is 74.5 cm³/mol. The Labute approximate surface area is 120 Å². The number of carbonyl (C=O) groups excluding carboxylic acids is 1. The number of piperidine rings is 1. The summed E-state index contributed by atoms with van der Waals surface area (Å²) < 4.78 is 13.5. The number of hydrogen-bond donors (Lipinski definition) is 1. The quantitative estimate of drug-likeness (QED) is 0.859. The third-order valence-corrected chi connectivity index (χ3v) is 4.66. The first-order valence-corrected chi connectivity index (χ1v) is 7.42. The number of nitrogens with zero attached hydrogens (tertiary/aromatic N) is 1. The van der Waals surface area contributed by atoms with Crippen molar-refractivity contribution in [3.63, 3.8) is 0 Å². The molecular formula is C14H16BrFN2O. The van der Waals surface area contributed by atoms with Gasteiger partial charge in [0, 0.05) is 24.7 Å². The van der Waals surface area contributed by atoms with Crippen LogP contribution < -0.4 is 5.32 Å². The predicted octanol–water partition coefficient (Wildman–Crippen LogP) is 2.41. The first-order chi connectivity index (χ1) is 9.15. The highest BCUT2D eigenvalue weighted by atomic mass is 79.9. The van der Waals surface area contributed by atoms with Crippen LogP contribution in [0.25, 0.3) is 0 Å². The molecule has 0 radical (unpaired) electrons. The Hall–Kier alpha value is -0.940. The zero-order valence-electron chi connectivity index (χ0n) is 10.5. The number of hydrogen-bond acceptors (Lipinski definition) is 2. The molecule has 1 aromatic carbocycles. The van der Waals surface area contributed by atoms with E-state index >= 15 is 0 Å². The smallest absolute Gasteiger partial charge is 0.253 e. The maximum absolute atomic E-state index is 13.2. The van der Waals surface area contributed by atoms with E-state index in [0.717, 1.165) is 19.6 Å². The number of amides is 1. The lowest BCUT2D eigenvalue weighted by atomic mass is 9.94. The highest BCUT2D eigenvalue weighted by Gasteiger charge is 2.36. The van der Waals surface area contributed by atoms with Gasteiger partial charge in [0.05, 0.1) is 4.47 Å². The molecule has 3 nitrogen and oxygen atoms in total. The molecule has 2 aliphatic rings. The monoisotopic (exact) mass is 326 g/mol. The van der Waals surface area contributed by atoms with Gasteiger partial charge in [0.1, 0.15) is 5.82 Å². The van der Waals surface area contributed by atoms with Crippen LogP contribution in [0.3, 0.4) is 0 Å². The third kappa shape index (κ3) is 2.54. The summed E-state index contributed by atoms with van der Waals surface area (Å²) in [5.41, 5.74) is 0.548. The van der Waals surface area contributed by atoms with Crippen LogP contribution >= 0.6 is 15.9 Å². The van der Waals surface area contributed by atoms with E-state index < -0.39 is 0 Å². The van der Waals surface area contributed by atoms with Crippen LogP contribution in [0, 0.1) is 11.7 Å². The Morgan fingerprint density at radius 1 is 1.42 bits per heavy atom. The zero-order chi connectivity index (χ0) is 13.4. The van der Waals surface area contributed by atoms with Crippen molar-refractivity contribution >= 4 is 21.8 Å². The van der Waals surface area contributed by atoms with Crippen LogP contribution in [0.15, 0.2) is 22.7 Å². The molecule has 0 aliphatic carbocycles. The van der Waals surface area contributed by atoms with Crippen molar-refractivity contribution in [1.82, 2.24) is 10.2 Å². The van der Waals surface area contributed by atoms with E-state index in [1.54, 1.807) is 12.1 Å². The zero-order valence-corrected chi connectivity index (χ0v) is 12.1. The van der Waals surface area contributed by atoms with E-state index in [0.29, 0.717) is 22.0 Å². The summed E-state index contributed by atoms with van der Waals surface area (Å²) in [6.45, 7) is 2.62. The molecule has 1 amide bonds. The molecule has 2 heterocycles. The van der Waals surface area contributed by atoms with Gasteiger partial charge in [-0.25, -0.2) is 4.39 Å². The van der Waals surface area contributed by atoms with E-state index in [-0.39, 0.29) is 11.7 Å². The van der Waals surface area contributed by atoms with Gasteiger partial charge in [0.25, 0.3) is 5.91 Å². The second-order valence-electron chi connectivity index (χ2n) is 5.30. The topological polar surface area (TPSA) is 32.3 Å². The summed E-state index contributed by atoms with van der Waals surface area (Å²) in [6, 6.07) is 4.88. The summed E-state index contributed by atoms with van der Waals surface area (Å²) in [6.07, 6.45) is 2.37. The average Bonchev–Trinajstić information content (AvgIpc) is 2.85. The summed E-state index contributed by atoms with van der Waals surface area (Å²) >= 11 is 3.13. The van der Waals surface area contributed by atoms with Crippen LogP contribution in [0.4, 0.5) is 4.39 Å². The van der Waals surface area contributed by atoms with Gasteiger partial charge in [-0.1, -0.05) is 0 Å².